The molecule has 0 aliphatic heterocycles. The molecular formula is C16H13ClN2O2. The van der Waals surface area contributed by atoms with Crippen molar-refractivity contribution in [2.24, 2.45) is 0 Å². The number of ether oxygens (including phenoxy) is 1. The molecule has 2 rings (SSSR count). The first-order valence-electron chi connectivity index (χ1n) is 6.32. The van der Waals surface area contributed by atoms with Crippen LogP contribution in [0.5, 0.6) is 5.75 Å². The van der Waals surface area contributed by atoms with Crippen molar-refractivity contribution in [1.82, 2.24) is 0 Å². The molecule has 21 heavy (non-hydrogen) atoms. The lowest BCUT2D eigenvalue weighted by Crippen LogP contribution is -2.30. The molecule has 1 N–H and O–H groups in total. The second-order valence-corrected chi connectivity index (χ2v) is 4.83. The van der Waals surface area contributed by atoms with Gasteiger partial charge in [-0.05, 0) is 49.4 Å². The van der Waals surface area contributed by atoms with E-state index in [1.165, 1.54) is 0 Å². The summed E-state index contributed by atoms with van der Waals surface area (Å²) in [6.45, 7) is 1.65. The van der Waals surface area contributed by atoms with E-state index in [-0.39, 0.29) is 5.91 Å². The zero-order chi connectivity index (χ0) is 15.2. The molecule has 0 spiro atoms. The van der Waals surface area contributed by atoms with E-state index in [0.717, 1.165) is 0 Å². The molecule has 0 radical (unpaired) electrons. The van der Waals surface area contributed by atoms with E-state index in [4.69, 9.17) is 21.6 Å². The van der Waals surface area contributed by atoms with Crippen molar-refractivity contribution < 1.29 is 9.53 Å². The van der Waals surface area contributed by atoms with Crippen LogP contribution in [0.25, 0.3) is 0 Å². The standard InChI is InChI=1S/C16H13ClN2O2/c1-11(21-15-7-5-12(10-18)6-8-15)16(20)19-14-4-2-3-13(17)9-14/h2-9,11H,1H3,(H,19,20). The Labute approximate surface area is 127 Å². The molecule has 2 aromatic rings. The number of halogens is 1. The minimum Gasteiger partial charge on any atom is -0.481 e. The SMILES string of the molecule is CC(Oc1ccc(C#N)cc1)C(=O)Nc1cccc(Cl)c1. The third kappa shape index (κ3) is 4.23. The third-order valence-electron chi connectivity index (χ3n) is 2.76. The predicted molar refractivity (Wildman–Crippen MR) is 81.3 cm³/mol. The number of nitrogens with zero attached hydrogens (tertiary/aromatic N) is 1. The highest BCUT2D eigenvalue weighted by molar-refractivity contribution is 6.30. The second kappa shape index (κ2) is 6.78. The average molecular weight is 301 g/mol. The van der Waals surface area contributed by atoms with Crippen LogP contribution < -0.4 is 10.1 Å². The van der Waals surface area contributed by atoms with Gasteiger partial charge in [0, 0.05) is 10.7 Å². The topological polar surface area (TPSA) is 62.1 Å². The lowest BCUT2D eigenvalue weighted by atomic mass is 10.2. The molecule has 1 unspecified atom stereocenters. The molecule has 1 amide bonds. The monoisotopic (exact) mass is 300 g/mol. The van der Waals surface area contributed by atoms with Crippen molar-refractivity contribution in [2.75, 3.05) is 5.32 Å². The number of nitriles is 1. The van der Waals surface area contributed by atoms with Gasteiger partial charge < -0.3 is 10.1 Å². The van der Waals surface area contributed by atoms with Crippen LogP contribution in [0.1, 0.15) is 12.5 Å². The number of rotatable bonds is 4. The molecule has 0 aliphatic carbocycles. The Bertz CT molecular complexity index is 677. The van der Waals surface area contributed by atoms with Crippen molar-refractivity contribution >= 4 is 23.2 Å². The number of hydrogen-bond donors (Lipinski definition) is 1. The summed E-state index contributed by atoms with van der Waals surface area (Å²) < 4.78 is 5.52. The Kier molecular flexibility index (Phi) is 4.81. The highest BCUT2D eigenvalue weighted by Gasteiger charge is 2.14. The molecule has 0 fully saturated rings. The summed E-state index contributed by atoms with van der Waals surface area (Å²) in [5, 5.41) is 12.0. The van der Waals surface area contributed by atoms with Crippen LogP contribution in [0.3, 0.4) is 0 Å². The molecule has 106 valence electrons. The average Bonchev–Trinajstić information content (AvgIpc) is 2.48. The molecule has 4 nitrogen and oxygen atoms in total. The largest absolute Gasteiger partial charge is 0.481 e. The maximum atomic E-state index is 12.0. The van der Waals surface area contributed by atoms with Crippen LogP contribution in [-0.4, -0.2) is 12.0 Å². The first-order chi connectivity index (χ1) is 10.1. The minimum atomic E-state index is -0.670. The van der Waals surface area contributed by atoms with Gasteiger partial charge in [0.2, 0.25) is 0 Å². The van der Waals surface area contributed by atoms with Crippen LogP contribution in [0.2, 0.25) is 5.02 Å². The fourth-order valence-corrected chi connectivity index (χ4v) is 1.87. The number of anilines is 1. The zero-order valence-electron chi connectivity index (χ0n) is 11.3. The van der Waals surface area contributed by atoms with Crippen LogP contribution in [0.4, 0.5) is 5.69 Å². The summed E-state index contributed by atoms with van der Waals surface area (Å²) in [6, 6.07) is 15.5. The Morgan fingerprint density at radius 2 is 2.00 bits per heavy atom. The van der Waals surface area contributed by atoms with E-state index in [0.29, 0.717) is 22.0 Å². The molecule has 1 atom stereocenters. The van der Waals surface area contributed by atoms with Gasteiger partial charge in [-0.1, -0.05) is 17.7 Å². The number of amides is 1. The summed E-state index contributed by atoms with van der Waals surface area (Å²) in [6.07, 6.45) is -0.670. The second-order valence-electron chi connectivity index (χ2n) is 4.40. The Morgan fingerprint density at radius 1 is 1.29 bits per heavy atom. The van der Waals surface area contributed by atoms with Crippen LogP contribution >= 0.6 is 11.6 Å². The maximum absolute atomic E-state index is 12.0. The number of carbonyl (C=O) groups is 1. The van der Waals surface area contributed by atoms with Gasteiger partial charge in [0.1, 0.15) is 5.75 Å². The molecule has 0 saturated carbocycles. The van der Waals surface area contributed by atoms with Gasteiger partial charge in [0.25, 0.3) is 5.91 Å². The Hall–Kier alpha value is -2.51. The highest BCUT2D eigenvalue weighted by Crippen LogP contribution is 2.17. The summed E-state index contributed by atoms with van der Waals surface area (Å²) >= 11 is 5.86. The zero-order valence-corrected chi connectivity index (χ0v) is 12.1. The first-order valence-corrected chi connectivity index (χ1v) is 6.69. The molecule has 0 aliphatic rings. The first kappa shape index (κ1) is 14.9. The Morgan fingerprint density at radius 3 is 2.62 bits per heavy atom. The Balaban J connectivity index is 1.97. The fraction of sp³-hybridized carbons (Fsp3) is 0.125. The predicted octanol–water partition coefficient (Wildman–Crippen LogP) is 3.62. The van der Waals surface area contributed by atoms with E-state index < -0.39 is 6.10 Å². The van der Waals surface area contributed by atoms with Crippen molar-refractivity contribution in [2.45, 2.75) is 13.0 Å². The number of benzene rings is 2. The fourth-order valence-electron chi connectivity index (χ4n) is 1.68. The van der Waals surface area contributed by atoms with Gasteiger partial charge in [0.05, 0.1) is 11.6 Å². The van der Waals surface area contributed by atoms with E-state index in [1.54, 1.807) is 55.5 Å². The van der Waals surface area contributed by atoms with Crippen molar-refractivity contribution in [3.05, 3.63) is 59.1 Å². The third-order valence-corrected chi connectivity index (χ3v) is 2.99. The lowest BCUT2D eigenvalue weighted by Gasteiger charge is -2.14. The number of nitrogens with one attached hydrogen (secondary N) is 1. The maximum Gasteiger partial charge on any atom is 0.265 e. The van der Waals surface area contributed by atoms with Crippen molar-refractivity contribution in [1.29, 1.82) is 5.26 Å². The van der Waals surface area contributed by atoms with Crippen LogP contribution in [0, 0.1) is 11.3 Å². The summed E-state index contributed by atoms with van der Waals surface area (Å²) in [4.78, 5) is 12.0. The van der Waals surface area contributed by atoms with Crippen molar-refractivity contribution in [3.8, 4) is 11.8 Å². The summed E-state index contributed by atoms with van der Waals surface area (Å²) in [5.41, 5.74) is 1.15. The van der Waals surface area contributed by atoms with E-state index >= 15 is 0 Å². The van der Waals surface area contributed by atoms with Crippen LogP contribution in [-0.2, 0) is 4.79 Å². The molecule has 0 saturated heterocycles. The van der Waals surface area contributed by atoms with Crippen molar-refractivity contribution in [3.63, 3.8) is 0 Å². The van der Waals surface area contributed by atoms with Crippen LogP contribution in [0.15, 0.2) is 48.5 Å². The van der Waals surface area contributed by atoms with Gasteiger partial charge in [-0.25, -0.2) is 0 Å². The molecule has 5 heteroatoms. The minimum absolute atomic E-state index is 0.276. The van der Waals surface area contributed by atoms with Gasteiger partial charge in [0.15, 0.2) is 6.10 Å². The molecular weight excluding hydrogens is 288 g/mol. The van der Waals surface area contributed by atoms with Gasteiger partial charge >= 0.3 is 0 Å². The normalized spacial score (nSPS) is 11.3. The lowest BCUT2D eigenvalue weighted by molar-refractivity contribution is -0.122. The van der Waals surface area contributed by atoms with E-state index in [1.807, 2.05) is 6.07 Å². The molecule has 2 aromatic carbocycles. The molecule has 0 heterocycles. The smallest absolute Gasteiger partial charge is 0.265 e. The number of carbonyl (C=O) groups excluding carboxylic acids is 1. The molecule has 0 bridgehead atoms. The highest BCUT2D eigenvalue weighted by atomic mass is 35.5. The van der Waals surface area contributed by atoms with Gasteiger partial charge in [-0.2, -0.15) is 5.26 Å². The summed E-state index contributed by atoms with van der Waals surface area (Å²) in [5.74, 6) is 0.254. The van der Waals surface area contributed by atoms with Gasteiger partial charge in [-0.15, -0.1) is 0 Å². The van der Waals surface area contributed by atoms with Gasteiger partial charge in [-0.3, -0.25) is 4.79 Å². The summed E-state index contributed by atoms with van der Waals surface area (Å²) in [7, 11) is 0. The van der Waals surface area contributed by atoms with E-state index in [9.17, 15) is 4.79 Å². The number of hydrogen-bond acceptors (Lipinski definition) is 3. The van der Waals surface area contributed by atoms with E-state index in [2.05, 4.69) is 5.32 Å². The quantitative estimate of drug-likeness (QED) is 0.938. The molecule has 0 aromatic heterocycles.